The number of benzene rings is 2. The Hall–Kier alpha value is -2.14. The Bertz CT molecular complexity index is 767. The number of para-hydroxylation sites is 1. The van der Waals surface area contributed by atoms with E-state index in [0.717, 1.165) is 21.2 Å². The van der Waals surface area contributed by atoms with Gasteiger partial charge in [0, 0.05) is 10.0 Å². The highest BCUT2D eigenvalue weighted by Gasteiger charge is 2.15. The van der Waals surface area contributed by atoms with Crippen molar-refractivity contribution >= 4 is 21.6 Å². The van der Waals surface area contributed by atoms with Crippen LogP contribution < -0.4 is 5.73 Å². The van der Waals surface area contributed by atoms with Crippen LogP contribution in [0.1, 0.15) is 5.56 Å². The van der Waals surface area contributed by atoms with Crippen molar-refractivity contribution in [1.82, 2.24) is 10.1 Å². The van der Waals surface area contributed by atoms with Gasteiger partial charge in [0.05, 0.1) is 11.3 Å². The first-order valence-electron chi connectivity index (χ1n) is 6.11. The minimum atomic E-state index is 0.419. The van der Waals surface area contributed by atoms with E-state index in [-0.39, 0.29) is 0 Å². The zero-order chi connectivity index (χ0) is 14.1. The molecule has 0 saturated heterocycles. The zero-order valence-corrected chi connectivity index (χ0v) is 12.4. The molecule has 3 rings (SSSR count). The molecule has 0 unspecified atom stereocenters. The summed E-state index contributed by atoms with van der Waals surface area (Å²) in [4.78, 5) is 4.43. The summed E-state index contributed by atoms with van der Waals surface area (Å²) in [5, 5.41) is 4.04. The Morgan fingerprint density at radius 1 is 1.05 bits per heavy atom. The summed E-state index contributed by atoms with van der Waals surface area (Å²) in [5.74, 6) is 0.986. The number of nitrogen functional groups attached to an aromatic ring is 1. The van der Waals surface area contributed by atoms with E-state index in [9.17, 15) is 0 Å². The lowest BCUT2D eigenvalue weighted by Gasteiger charge is -2.02. The van der Waals surface area contributed by atoms with Crippen LogP contribution in [0.3, 0.4) is 0 Å². The summed E-state index contributed by atoms with van der Waals surface area (Å²) in [5.41, 5.74) is 9.39. The molecule has 1 heterocycles. The van der Waals surface area contributed by atoms with Crippen molar-refractivity contribution in [3.63, 3.8) is 0 Å². The van der Waals surface area contributed by atoms with E-state index in [0.29, 0.717) is 17.4 Å². The van der Waals surface area contributed by atoms with Crippen LogP contribution in [0.15, 0.2) is 51.5 Å². The Morgan fingerprint density at radius 3 is 2.60 bits per heavy atom. The molecule has 3 aromatic rings. The molecule has 0 saturated carbocycles. The lowest BCUT2D eigenvalue weighted by atomic mass is 10.1. The third-order valence-electron chi connectivity index (χ3n) is 3.10. The lowest BCUT2D eigenvalue weighted by Crippen LogP contribution is -1.91. The van der Waals surface area contributed by atoms with Crippen LogP contribution >= 0.6 is 15.9 Å². The van der Waals surface area contributed by atoms with Crippen molar-refractivity contribution in [3.05, 3.63) is 52.5 Å². The molecule has 100 valence electrons. The van der Waals surface area contributed by atoms with Crippen LogP contribution in [0.5, 0.6) is 0 Å². The van der Waals surface area contributed by atoms with Crippen molar-refractivity contribution < 1.29 is 4.52 Å². The number of hydrogen-bond donors (Lipinski definition) is 1. The quantitative estimate of drug-likeness (QED) is 0.720. The standard InChI is InChI=1S/C15H12BrN3O/c1-9-5-2-3-6-10(9)14-18-15(20-19-14)11-7-4-8-12(16)13(11)17/h2-8H,17H2,1H3. The van der Waals surface area contributed by atoms with Crippen molar-refractivity contribution in [2.24, 2.45) is 0 Å². The average molecular weight is 330 g/mol. The summed E-state index contributed by atoms with van der Waals surface area (Å²) in [6, 6.07) is 13.5. The van der Waals surface area contributed by atoms with E-state index in [1.165, 1.54) is 0 Å². The van der Waals surface area contributed by atoms with Gasteiger partial charge in [-0.15, -0.1) is 0 Å². The molecular weight excluding hydrogens is 318 g/mol. The molecule has 0 aliphatic rings. The van der Waals surface area contributed by atoms with Crippen LogP contribution in [0, 0.1) is 6.92 Å². The second-order valence-electron chi connectivity index (χ2n) is 4.44. The first-order valence-corrected chi connectivity index (χ1v) is 6.90. The summed E-state index contributed by atoms with van der Waals surface area (Å²) >= 11 is 3.39. The first-order chi connectivity index (χ1) is 9.66. The van der Waals surface area contributed by atoms with E-state index in [2.05, 4.69) is 26.1 Å². The van der Waals surface area contributed by atoms with Gasteiger partial charge in [-0.3, -0.25) is 0 Å². The third-order valence-corrected chi connectivity index (χ3v) is 3.79. The number of anilines is 1. The number of rotatable bonds is 2. The fourth-order valence-electron chi connectivity index (χ4n) is 1.99. The van der Waals surface area contributed by atoms with Gasteiger partial charge in [-0.2, -0.15) is 4.98 Å². The Labute approximate surface area is 124 Å². The van der Waals surface area contributed by atoms with Crippen molar-refractivity contribution in [2.75, 3.05) is 5.73 Å². The summed E-state index contributed by atoms with van der Waals surface area (Å²) in [6.45, 7) is 2.01. The molecule has 0 radical (unpaired) electrons. The van der Waals surface area contributed by atoms with Crippen LogP contribution in [0.4, 0.5) is 5.69 Å². The van der Waals surface area contributed by atoms with Gasteiger partial charge in [0.15, 0.2) is 0 Å². The van der Waals surface area contributed by atoms with E-state index in [1.807, 2.05) is 49.4 Å². The Kier molecular flexibility index (Phi) is 3.28. The van der Waals surface area contributed by atoms with Gasteiger partial charge in [-0.25, -0.2) is 0 Å². The van der Waals surface area contributed by atoms with Gasteiger partial charge in [0.1, 0.15) is 0 Å². The number of hydrogen-bond acceptors (Lipinski definition) is 4. The highest BCUT2D eigenvalue weighted by atomic mass is 79.9. The number of nitrogens with zero attached hydrogens (tertiary/aromatic N) is 2. The van der Waals surface area contributed by atoms with E-state index >= 15 is 0 Å². The number of aromatic nitrogens is 2. The Balaban J connectivity index is 2.07. The molecule has 0 aliphatic carbocycles. The minimum absolute atomic E-state index is 0.419. The summed E-state index contributed by atoms with van der Waals surface area (Å²) in [6.07, 6.45) is 0. The molecule has 20 heavy (non-hydrogen) atoms. The molecule has 0 bridgehead atoms. The van der Waals surface area contributed by atoms with Gasteiger partial charge in [-0.05, 0) is 40.5 Å². The van der Waals surface area contributed by atoms with Gasteiger partial charge in [0.25, 0.3) is 5.89 Å². The second kappa shape index (κ2) is 5.09. The van der Waals surface area contributed by atoms with Gasteiger partial charge in [-0.1, -0.05) is 35.5 Å². The van der Waals surface area contributed by atoms with Crippen molar-refractivity contribution in [3.8, 4) is 22.8 Å². The molecule has 0 amide bonds. The predicted octanol–water partition coefficient (Wildman–Crippen LogP) is 4.06. The summed E-state index contributed by atoms with van der Waals surface area (Å²) in [7, 11) is 0. The second-order valence-corrected chi connectivity index (χ2v) is 5.29. The fraction of sp³-hybridized carbons (Fsp3) is 0.0667. The summed E-state index contributed by atoms with van der Waals surface area (Å²) < 4.78 is 6.14. The van der Waals surface area contributed by atoms with Gasteiger partial charge in [0.2, 0.25) is 5.82 Å². The largest absolute Gasteiger partial charge is 0.397 e. The van der Waals surface area contributed by atoms with Crippen molar-refractivity contribution in [1.29, 1.82) is 0 Å². The maximum Gasteiger partial charge on any atom is 0.260 e. The molecule has 5 heteroatoms. The van der Waals surface area contributed by atoms with Gasteiger partial charge >= 0.3 is 0 Å². The highest BCUT2D eigenvalue weighted by Crippen LogP contribution is 2.32. The SMILES string of the molecule is Cc1ccccc1-c1noc(-c2cccc(Br)c2N)n1. The smallest absolute Gasteiger partial charge is 0.260 e. The third kappa shape index (κ3) is 2.20. The maximum atomic E-state index is 6.02. The topological polar surface area (TPSA) is 64.9 Å². The molecular formula is C15H12BrN3O. The predicted molar refractivity (Wildman–Crippen MR) is 82.0 cm³/mol. The molecule has 2 N–H and O–H groups in total. The van der Waals surface area contributed by atoms with E-state index in [4.69, 9.17) is 10.3 Å². The molecule has 0 spiro atoms. The lowest BCUT2D eigenvalue weighted by molar-refractivity contribution is 0.432. The van der Waals surface area contributed by atoms with Crippen LogP contribution in [-0.2, 0) is 0 Å². The average Bonchev–Trinajstić information content (AvgIpc) is 2.92. The van der Waals surface area contributed by atoms with Crippen LogP contribution in [-0.4, -0.2) is 10.1 Å². The van der Waals surface area contributed by atoms with E-state index < -0.39 is 0 Å². The maximum absolute atomic E-state index is 6.02. The fourth-order valence-corrected chi connectivity index (χ4v) is 2.36. The van der Waals surface area contributed by atoms with Crippen LogP contribution in [0.2, 0.25) is 0 Å². The molecule has 4 nitrogen and oxygen atoms in total. The van der Waals surface area contributed by atoms with Crippen LogP contribution in [0.25, 0.3) is 22.8 Å². The molecule has 1 aromatic heterocycles. The monoisotopic (exact) mass is 329 g/mol. The molecule has 0 fully saturated rings. The normalized spacial score (nSPS) is 10.7. The highest BCUT2D eigenvalue weighted by molar-refractivity contribution is 9.10. The van der Waals surface area contributed by atoms with Gasteiger partial charge < -0.3 is 10.3 Å². The molecule has 0 aliphatic heterocycles. The number of halogens is 1. The molecule has 0 atom stereocenters. The first kappa shape index (κ1) is 12.9. The minimum Gasteiger partial charge on any atom is -0.397 e. The molecule has 2 aromatic carbocycles. The zero-order valence-electron chi connectivity index (χ0n) is 10.8. The Morgan fingerprint density at radius 2 is 1.80 bits per heavy atom. The number of nitrogens with two attached hydrogens (primary N) is 1. The van der Waals surface area contributed by atoms with E-state index in [1.54, 1.807) is 0 Å². The number of aryl methyl sites for hydroxylation is 1. The van der Waals surface area contributed by atoms with Crippen molar-refractivity contribution in [2.45, 2.75) is 6.92 Å².